The van der Waals surface area contributed by atoms with Gasteiger partial charge in [0, 0.05) is 11.1 Å². The molecule has 2 aromatic carbocycles. The van der Waals surface area contributed by atoms with Crippen LogP contribution in [0.5, 0.6) is 0 Å². The Hall–Kier alpha value is -3.55. The van der Waals surface area contributed by atoms with Crippen LogP contribution in [0.2, 0.25) is 0 Å². The first-order valence-electron chi connectivity index (χ1n) is 10.3. The molecule has 2 heterocycles. The molecule has 2 unspecified atom stereocenters. The fourth-order valence-corrected chi connectivity index (χ4v) is 3.95. The van der Waals surface area contributed by atoms with Crippen molar-refractivity contribution in [1.82, 2.24) is 10.3 Å². The summed E-state index contributed by atoms with van der Waals surface area (Å²) >= 11 is 0. The lowest BCUT2D eigenvalue weighted by molar-refractivity contribution is 0.103. The van der Waals surface area contributed by atoms with Crippen LogP contribution in [0.15, 0.2) is 57.6 Å². The molecule has 0 amide bonds. The summed E-state index contributed by atoms with van der Waals surface area (Å²) in [6.07, 6.45) is -1.71. The predicted octanol–water partition coefficient (Wildman–Crippen LogP) is 4.95. The second kappa shape index (κ2) is 8.53. The molecule has 7 nitrogen and oxygen atoms in total. The van der Waals surface area contributed by atoms with Crippen molar-refractivity contribution in [2.24, 2.45) is 0 Å². The Morgan fingerprint density at radius 3 is 1.50 bits per heavy atom. The SMILES string of the molecule is Cc1onc(C(C)O)c1-c1ccccc1C(=O)c1ccccc1-c1c(C(C)O)noc1C. The van der Waals surface area contributed by atoms with Crippen LogP contribution in [0.3, 0.4) is 0 Å². The minimum absolute atomic E-state index is 0.217. The number of hydrogen-bond acceptors (Lipinski definition) is 7. The maximum atomic E-state index is 13.8. The van der Waals surface area contributed by atoms with Gasteiger partial charge >= 0.3 is 0 Å². The fraction of sp³-hybridized carbons (Fsp3) is 0.240. The molecule has 0 bridgehead atoms. The number of carbonyl (C=O) groups is 1. The highest BCUT2D eigenvalue weighted by Gasteiger charge is 2.27. The van der Waals surface area contributed by atoms with Crippen molar-refractivity contribution >= 4 is 5.78 Å². The molecule has 2 N–H and O–H groups in total. The van der Waals surface area contributed by atoms with Crippen molar-refractivity contribution in [3.05, 3.63) is 82.6 Å². The van der Waals surface area contributed by atoms with Gasteiger partial charge in [0.15, 0.2) is 5.78 Å². The van der Waals surface area contributed by atoms with E-state index in [-0.39, 0.29) is 5.78 Å². The van der Waals surface area contributed by atoms with Crippen LogP contribution >= 0.6 is 0 Å². The normalized spacial score (nSPS) is 13.2. The highest BCUT2D eigenvalue weighted by Crippen LogP contribution is 2.37. The molecule has 32 heavy (non-hydrogen) atoms. The van der Waals surface area contributed by atoms with Crippen molar-refractivity contribution in [2.45, 2.75) is 39.9 Å². The van der Waals surface area contributed by atoms with Crippen LogP contribution < -0.4 is 0 Å². The molecule has 0 saturated carbocycles. The summed E-state index contributed by atoms with van der Waals surface area (Å²) in [7, 11) is 0. The number of carbonyl (C=O) groups excluding carboxylic acids is 1. The third-order valence-corrected chi connectivity index (χ3v) is 5.45. The summed E-state index contributed by atoms with van der Waals surface area (Å²) in [6, 6.07) is 14.3. The van der Waals surface area contributed by atoms with Crippen LogP contribution in [0, 0.1) is 13.8 Å². The Bertz CT molecular complexity index is 1190. The van der Waals surface area contributed by atoms with Gasteiger partial charge in [0.05, 0.1) is 23.3 Å². The van der Waals surface area contributed by atoms with Gasteiger partial charge in [-0.3, -0.25) is 4.79 Å². The van der Waals surface area contributed by atoms with E-state index in [2.05, 4.69) is 10.3 Å². The number of aliphatic hydroxyl groups excluding tert-OH is 2. The molecule has 164 valence electrons. The largest absolute Gasteiger partial charge is 0.387 e. The van der Waals surface area contributed by atoms with Gasteiger partial charge in [-0.1, -0.05) is 58.8 Å². The second-order valence-electron chi connectivity index (χ2n) is 7.77. The van der Waals surface area contributed by atoms with E-state index in [1.165, 1.54) is 0 Å². The lowest BCUT2D eigenvalue weighted by Crippen LogP contribution is -2.07. The highest BCUT2D eigenvalue weighted by molar-refractivity contribution is 6.16. The molecule has 2 aromatic heterocycles. The summed E-state index contributed by atoms with van der Waals surface area (Å²) in [5, 5.41) is 28.3. The average molecular weight is 432 g/mol. The minimum atomic E-state index is -0.855. The standard InChI is InChI=1S/C25H24N2O5/c1-13(28)23-21(15(3)31-26-23)17-9-5-7-11-19(17)25(30)20-12-8-6-10-18(20)22-16(4)32-27-24(22)14(2)29/h5-14,28-29H,1-4H3. The van der Waals surface area contributed by atoms with Gasteiger partial charge in [-0.2, -0.15) is 0 Å². The second-order valence-corrected chi connectivity index (χ2v) is 7.77. The van der Waals surface area contributed by atoms with E-state index < -0.39 is 12.2 Å². The molecule has 0 aliphatic carbocycles. The van der Waals surface area contributed by atoms with Gasteiger partial charge < -0.3 is 19.3 Å². The summed E-state index contributed by atoms with van der Waals surface area (Å²) in [5.41, 5.74) is 4.10. The molecular formula is C25H24N2O5. The Balaban J connectivity index is 1.90. The van der Waals surface area contributed by atoms with Crippen LogP contribution in [0.25, 0.3) is 22.3 Å². The van der Waals surface area contributed by atoms with Crippen LogP contribution in [-0.4, -0.2) is 26.3 Å². The lowest BCUT2D eigenvalue weighted by Gasteiger charge is -2.14. The number of aryl methyl sites for hydroxylation is 2. The summed E-state index contributed by atoms with van der Waals surface area (Å²) in [4.78, 5) is 13.8. The van der Waals surface area contributed by atoms with E-state index in [9.17, 15) is 15.0 Å². The van der Waals surface area contributed by atoms with Gasteiger partial charge in [-0.05, 0) is 38.8 Å². The average Bonchev–Trinajstić information content (AvgIpc) is 3.36. The van der Waals surface area contributed by atoms with Gasteiger partial charge in [-0.15, -0.1) is 0 Å². The Labute approximate surface area is 185 Å². The van der Waals surface area contributed by atoms with Gasteiger partial charge in [0.2, 0.25) is 0 Å². The first-order valence-corrected chi connectivity index (χ1v) is 10.3. The van der Waals surface area contributed by atoms with Crippen molar-refractivity contribution < 1.29 is 24.1 Å². The molecule has 0 fully saturated rings. The smallest absolute Gasteiger partial charge is 0.194 e. The number of ketones is 1. The monoisotopic (exact) mass is 432 g/mol. The van der Waals surface area contributed by atoms with E-state index in [1.807, 2.05) is 24.3 Å². The number of aromatic nitrogens is 2. The Kier molecular flexibility index (Phi) is 5.78. The van der Waals surface area contributed by atoms with Crippen molar-refractivity contribution in [1.29, 1.82) is 0 Å². The molecule has 0 aliphatic rings. The zero-order chi connectivity index (χ0) is 23.0. The zero-order valence-electron chi connectivity index (χ0n) is 18.3. The highest BCUT2D eigenvalue weighted by atomic mass is 16.5. The number of benzene rings is 2. The van der Waals surface area contributed by atoms with Crippen LogP contribution in [0.4, 0.5) is 0 Å². The van der Waals surface area contributed by atoms with Crippen molar-refractivity contribution in [3.8, 4) is 22.3 Å². The van der Waals surface area contributed by atoms with Gasteiger partial charge in [0.25, 0.3) is 0 Å². The lowest BCUT2D eigenvalue weighted by atomic mass is 9.88. The third kappa shape index (κ3) is 3.66. The molecule has 0 spiro atoms. The summed E-state index contributed by atoms with van der Waals surface area (Å²) in [5.74, 6) is 0.812. The van der Waals surface area contributed by atoms with Crippen LogP contribution in [0.1, 0.15) is 64.9 Å². The molecule has 4 rings (SSSR count). The van der Waals surface area contributed by atoms with Crippen molar-refractivity contribution in [2.75, 3.05) is 0 Å². The molecule has 4 aromatic rings. The first kappa shape index (κ1) is 21.7. The number of rotatable bonds is 6. The van der Waals surface area contributed by atoms with E-state index >= 15 is 0 Å². The van der Waals surface area contributed by atoms with E-state index in [4.69, 9.17) is 9.05 Å². The van der Waals surface area contributed by atoms with E-state index in [0.29, 0.717) is 56.3 Å². The third-order valence-electron chi connectivity index (χ3n) is 5.45. The molecule has 0 saturated heterocycles. The molecule has 0 aliphatic heterocycles. The van der Waals surface area contributed by atoms with E-state index in [0.717, 1.165) is 0 Å². The molecule has 0 radical (unpaired) electrons. The van der Waals surface area contributed by atoms with Crippen LogP contribution in [-0.2, 0) is 0 Å². The maximum absolute atomic E-state index is 13.8. The number of nitrogens with zero attached hydrogens (tertiary/aromatic N) is 2. The first-order chi connectivity index (χ1) is 15.3. The fourth-order valence-electron chi connectivity index (χ4n) is 3.95. The van der Waals surface area contributed by atoms with Gasteiger partial charge in [0.1, 0.15) is 22.9 Å². The maximum Gasteiger partial charge on any atom is 0.194 e. The summed E-state index contributed by atoms with van der Waals surface area (Å²) < 4.78 is 10.6. The quantitative estimate of drug-likeness (QED) is 0.415. The molecule has 7 heteroatoms. The Morgan fingerprint density at radius 1 is 0.750 bits per heavy atom. The molecule has 2 atom stereocenters. The zero-order valence-corrected chi connectivity index (χ0v) is 18.3. The summed E-state index contributed by atoms with van der Waals surface area (Å²) in [6.45, 7) is 6.71. The minimum Gasteiger partial charge on any atom is -0.387 e. The number of hydrogen-bond donors (Lipinski definition) is 2. The topological polar surface area (TPSA) is 110 Å². The van der Waals surface area contributed by atoms with E-state index in [1.54, 1.807) is 52.0 Å². The predicted molar refractivity (Wildman–Crippen MR) is 118 cm³/mol. The number of aliphatic hydroxyl groups is 2. The molecular weight excluding hydrogens is 408 g/mol. The Morgan fingerprint density at radius 2 is 1.12 bits per heavy atom. The van der Waals surface area contributed by atoms with Gasteiger partial charge in [-0.25, -0.2) is 0 Å². The van der Waals surface area contributed by atoms with Crippen molar-refractivity contribution in [3.63, 3.8) is 0 Å².